The second kappa shape index (κ2) is 16.3. The number of rotatable bonds is 11. The van der Waals surface area contributed by atoms with E-state index in [-0.39, 0.29) is 12.1 Å². The van der Waals surface area contributed by atoms with Gasteiger partial charge in [-0.3, -0.25) is 14.4 Å². The molecule has 0 atom stereocenters. The SMILES string of the molecule is Cc1ccc(C(=O)N/C(=C/c2cccc(Oc3ccccc3)c2)C(N)=O)cc1.O=C(O)CCSCc1ccccc1. The number of primary amides is 1. The van der Waals surface area contributed by atoms with E-state index in [1.807, 2.05) is 79.7 Å². The van der Waals surface area contributed by atoms with Crippen LogP contribution in [0.2, 0.25) is 0 Å². The van der Waals surface area contributed by atoms with Crippen molar-refractivity contribution < 1.29 is 24.2 Å². The van der Waals surface area contributed by atoms with Gasteiger partial charge in [0.15, 0.2) is 0 Å². The minimum absolute atomic E-state index is 0.00226. The summed E-state index contributed by atoms with van der Waals surface area (Å²) in [7, 11) is 0. The van der Waals surface area contributed by atoms with Gasteiger partial charge in [-0.05, 0) is 60.5 Å². The zero-order valence-corrected chi connectivity index (χ0v) is 23.5. The molecule has 4 N–H and O–H groups in total. The Bertz CT molecular complexity index is 1460. The van der Waals surface area contributed by atoms with Crippen LogP contribution in [-0.4, -0.2) is 28.6 Å². The molecule has 0 saturated heterocycles. The second-order valence-corrected chi connectivity index (χ2v) is 10.0. The number of carboxylic acids is 1. The number of ether oxygens (including phenoxy) is 1. The van der Waals surface area contributed by atoms with E-state index in [0.29, 0.717) is 28.4 Å². The van der Waals surface area contributed by atoms with E-state index >= 15 is 0 Å². The fourth-order valence-electron chi connectivity index (χ4n) is 3.45. The third-order valence-electron chi connectivity index (χ3n) is 5.55. The Morgan fingerprint density at radius 2 is 1.49 bits per heavy atom. The molecule has 0 aliphatic rings. The molecule has 41 heavy (non-hydrogen) atoms. The molecule has 0 radical (unpaired) electrons. The molecule has 210 valence electrons. The van der Waals surface area contributed by atoms with Crippen LogP contribution in [-0.2, 0) is 15.3 Å². The number of hydrogen-bond donors (Lipinski definition) is 3. The average molecular weight is 569 g/mol. The number of para-hydroxylation sites is 1. The third kappa shape index (κ3) is 11.4. The number of carbonyl (C=O) groups excluding carboxylic acids is 2. The molecule has 4 rings (SSSR count). The summed E-state index contributed by atoms with van der Waals surface area (Å²) in [6.45, 7) is 1.93. The molecule has 0 bridgehead atoms. The van der Waals surface area contributed by atoms with Gasteiger partial charge >= 0.3 is 5.97 Å². The number of nitrogens with one attached hydrogen (secondary N) is 1. The maximum Gasteiger partial charge on any atom is 0.304 e. The fraction of sp³-hybridized carbons (Fsp3) is 0.121. The Morgan fingerprint density at radius 3 is 2.12 bits per heavy atom. The van der Waals surface area contributed by atoms with Crippen LogP contribution in [0.25, 0.3) is 6.08 Å². The molecule has 0 spiro atoms. The molecule has 0 saturated carbocycles. The molecule has 4 aromatic rings. The number of aryl methyl sites for hydroxylation is 1. The summed E-state index contributed by atoms with van der Waals surface area (Å²) >= 11 is 1.65. The minimum atomic E-state index is -0.727. The van der Waals surface area contributed by atoms with E-state index in [1.165, 1.54) is 11.6 Å². The second-order valence-electron chi connectivity index (χ2n) is 8.91. The van der Waals surface area contributed by atoms with Gasteiger partial charge in [0.1, 0.15) is 17.2 Å². The number of thioether (sulfide) groups is 1. The smallest absolute Gasteiger partial charge is 0.304 e. The molecule has 4 aromatic carbocycles. The maximum absolute atomic E-state index is 12.4. The van der Waals surface area contributed by atoms with Gasteiger partial charge in [-0.1, -0.05) is 78.4 Å². The van der Waals surface area contributed by atoms with Crippen molar-refractivity contribution in [2.24, 2.45) is 5.73 Å². The van der Waals surface area contributed by atoms with Gasteiger partial charge < -0.3 is 20.9 Å². The molecular formula is C33H32N2O5S. The van der Waals surface area contributed by atoms with Crippen LogP contribution in [0.3, 0.4) is 0 Å². The first-order chi connectivity index (χ1) is 19.8. The normalized spacial score (nSPS) is 10.6. The van der Waals surface area contributed by atoms with Gasteiger partial charge in [-0.2, -0.15) is 11.8 Å². The van der Waals surface area contributed by atoms with E-state index in [2.05, 4.69) is 5.32 Å². The summed E-state index contributed by atoms with van der Waals surface area (Å²) < 4.78 is 5.79. The van der Waals surface area contributed by atoms with Crippen molar-refractivity contribution >= 4 is 35.6 Å². The minimum Gasteiger partial charge on any atom is -0.481 e. The van der Waals surface area contributed by atoms with Gasteiger partial charge in [-0.25, -0.2) is 0 Å². The molecule has 7 nitrogen and oxygen atoms in total. The number of carbonyl (C=O) groups is 3. The van der Waals surface area contributed by atoms with Crippen LogP contribution in [0, 0.1) is 6.92 Å². The Balaban J connectivity index is 0.000000298. The molecule has 0 aromatic heterocycles. The van der Waals surface area contributed by atoms with E-state index in [4.69, 9.17) is 15.6 Å². The van der Waals surface area contributed by atoms with E-state index < -0.39 is 17.8 Å². The summed E-state index contributed by atoms with van der Waals surface area (Å²) in [6.07, 6.45) is 1.77. The molecule has 0 aliphatic heterocycles. The van der Waals surface area contributed by atoms with Crippen molar-refractivity contribution in [1.29, 1.82) is 0 Å². The number of benzene rings is 4. The monoisotopic (exact) mass is 568 g/mol. The lowest BCUT2D eigenvalue weighted by Gasteiger charge is -2.09. The number of nitrogens with two attached hydrogens (primary N) is 1. The van der Waals surface area contributed by atoms with Crippen LogP contribution in [0.4, 0.5) is 0 Å². The summed E-state index contributed by atoms with van der Waals surface area (Å²) in [5.41, 5.74) is 8.85. The van der Waals surface area contributed by atoms with E-state index in [0.717, 1.165) is 11.3 Å². The fourth-order valence-corrected chi connectivity index (χ4v) is 4.34. The summed E-state index contributed by atoms with van der Waals surface area (Å²) in [5, 5.41) is 11.0. The standard InChI is InChI=1S/C23H20N2O3.C10H12O2S/c1-16-10-12-18(13-11-16)23(27)25-21(22(24)26)15-17-6-5-9-20(14-17)28-19-7-3-2-4-8-19;11-10(12)6-7-13-8-9-4-2-1-3-5-9/h2-15H,1H3,(H2,24,26)(H,25,27);1-5H,6-8H2,(H,11,12)/b21-15+;. The van der Waals surface area contributed by atoms with Gasteiger partial charge in [0, 0.05) is 17.1 Å². The molecule has 0 aliphatic carbocycles. The largest absolute Gasteiger partial charge is 0.481 e. The lowest BCUT2D eigenvalue weighted by molar-refractivity contribution is -0.136. The summed E-state index contributed by atoms with van der Waals surface area (Å²) in [4.78, 5) is 34.4. The van der Waals surface area contributed by atoms with Gasteiger partial charge in [0.2, 0.25) is 0 Å². The zero-order valence-electron chi connectivity index (χ0n) is 22.7. The highest BCUT2D eigenvalue weighted by atomic mass is 32.2. The first-order valence-corrected chi connectivity index (χ1v) is 14.0. The Morgan fingerprint density at radius 1 is 0.854 bits per heavy atom. The summed E-state index contributed by atoms with van der Waals surface area (Å²) in [6, 6.07) is 33.6. The van der Waals surface area contributed by atoms with Crippen LogP contribution in [0.5, 0.6) is 11.5 Å². The van der Waals surface area contributed by atoms with Crippen LogP contribution in [0.15, 0.2) is 115 Å². The first kappa shape index (κ1) is 30.7. The molecule has 2 amide bonds. The molecule has 8 heteroatoms. The van der Waals surface area contributed by atoms with Crippen LogP contribution < -0.4 is 15.8 Å². The molecular weight excluding hydrogens is 536 g/mol. The van der Waals surface area contributed by atoms with Crippen molar-refractivity contribution in [3.05, 3.63) is 137 Å². The van der Waals surface area contributed by atoms with E-state index in [9.17, 15) is 14.4 Å². The molecule has 0 unspecified atom stereocenters. The lowest BCUT2D eigenvalue weighted by Crippen LogP contribution is -2.31. The zero-order chi connectivity index (χ0) is 29.5. The molecule has 0 heterocycles. The van der Waals surface area contributed by atoms with Gasteiger partial charge in [0.05, 0.1) is 6.42 Å². The Labute approximate surface area is 244 Å². The third-order valence-corrected chi connectivity index (χ3v) is 6.58. The lowest BCUT2D eigenvalue weighted by atomic mass is 10.1. The van der Waals surface area contributed by atoms with Crippen molar-refractivity contribution in [2.45, 2.75) is 19.1 Å². The highest BCUT2D eigenvalue weighted by Crippen LogP contribution is 2.22. The summed E-state index contributed by atoms with van der Waals surface area (Å²) in [5.74, 6) is 1.04. The maximum atomic E-state index is 12.4. The van der Waals surface area contributed by atoms with Gasteiger partial charge in [0.25, 0.3) is 11.8 Å². The quantitative estimate of drug-likeness (QED) is 0.142. The average Bonchev–Trinajstić information content (AvgIpc) is 2.97. The Kier molecular flexibility index (Phi) is 12.2. The number of amides is 2. The molecule has 0 fully saturated rings. The van der Waals surface area contributed by atoms with Crippen LogP contribution in [0.1, 0.15) is 33.5 Å². The van der Waals surface area contributed by atoms with Gasteiger partial charge in [-0.15, -0.1) is 0 Å². The van der Waals surface area contributed by atoms with Crippen molar-refractivity contribution in [1.82, 2.24) is 5.32 Å². The predicted octanol–water partition coefficient (Wildman–Crippen LogP) is 6.44. The highest BCUT2D eigenvalue weighted by molar-refractivity contribution is 7.98. The predicted molar refractivity (Wildman–Crippen MR) is 164 cm³/mol. The number of aliphatic carboxylic acids is 1. The number of hydrogen-bond acceptors (Lipinski definition) is 5. The first-order valence-electron chi connectivity index (χ1n) is 12.9. The van der Waals surface area contributed by atoms with Crippen molar-refractivity contribution in [3.8, 4) is 11.5 Å². The Hall–Kier alpha value is -4.82. The number of carboxylic acid groups (broad SMARTS) is 1. The van der Waals surface area contributed by atoms with Crippen molar-refractivity contribution in [2.75, 3.05) is 5.75 Å². The van der Waals surface area contributed by atoms with Crippen molar-refractivity contribution in [3.63, 3.8) is 0 Å². The van der Waals surface area contributed by atoms with E-state index in [1.54, 1.807) is 48.2 Å². The topological polar surface area (TPSA) is 119 Å². The highest BCUT2D eigenvalue weighted by Gasteiger charge is 2.12. The van der Waals surface area contributed by atoms with Crippen LogP contribution >= 0.6 is 11.8 Å².